The van der Waals surface area contributed by atoms with Gasteiger partial charge in [-0.15, -0.1) is 0 Å². The number of nitrogens with zero attached hydrogens (tertiary/aromatic N) is 2. The third kappa shape index (κ3) is 3.05. The molecule has 0 saturated heterocycles. The first-order valence-corrected chi connectivity index (χ1v) is 9.38. The van der Waals surface area contributed by atoms with Crippen LogP contribution >= 0.6 is 7.60 Å². The van der Waals surface area contributed by atoms with E-state index in [1.54, 1.807) is 0 Å². The number of aromatic nitrogens is 2. The predicted molar refractivity (Wildman–Crippen MR) is 87.9 cm³/mol. The molecule has 0 radical (unpaired) electrons. The van der Waals surface area contributed by atoms with Gasteiger partial charge in [0.1, 0.15) is 30.0 Å². The summed E-state index contributed by atoms with van der Waals surface area (Å²) in [6, 6.07) is -0.985. The third-order valence-corrected chi connectivity index (χ3v) is 4.93. The van der Waals surface area contributed by atoms with Crippen molar-refractivity contribution in [1.82, 2.24) is 14.9 Å². The van der Waals surface area contributed by atoms with E-state index in [2.05, 4.69) is 22.2 Å². The normalized spacial score (nSPS) is 34.4. The van der Waals surface area contributed by atoms with Gasteiger partial charge in [0.05, 0.1) is 12.4 Å². The van der Waals surface area contributed by atoms with Crippen molar-refractivity contribution >= 4 is 19.3 Å². The smallest absolute Gasteiger partial charge is 0.351 e. The number of rotatable bonds is 4. The number of imidazole rings is 1. The fourth-order valence-electron chi connectivity index (χ4n) is 3.30. The van der Waals surface area contributed by atoms with Gasteiger partial charge < -0.3 is 39.9 Å². The zero-order valence-corrected chi connectivity index (χ0v) is 14.6. The molecule has 0 bridgehead atoms. The summed E-state index contributed by atoms with van der Waals surface area (Å²) in [5, 5.41) is 26.5. The van der Waals surface area contributed by atoms with Gasteiger partial charge in [-0.05, 0) is 12.5 Å². The van der Waals surface area contributed by atoms with Gasteiger partial charge in [0.15, 0.2) is 12.0 Å². The van der Waals surface area contributed by atoms with E-state index >= 15 is 0 Å². The van der Waals surface area contributed by atoms with Gasteiger partial charge in [-0.25, -0.2) is 4.98 Å². The second-order valence-electron chi connectivity index (χ2n) is 6.47. The van der Waals surface area contributed by atoms with Gasteiger partial charge in [-0.2, -0.15) is 0 Å². The Balaban J connectivity index is 1.97. The van der Waals surface area contributed by atoms with Crippen LogP contribution in [0.5, 0.6) is 0 Å². The molecule has 2 aliphatic rings. The molecule has 1 unspecified atom stereocenters. The minimum absolute atomic E-state index is 0.0457. The Bertz CT molecular complexity index is 803. The molecule has 1 aromatic rings. The summed E-state index contributed by atoms with van der Waals surface area (Å²) >= 11 is 0. The third-order valence-electron chi connectivity index (χ3n) is 4.44. The average molecular weight is 389 g/mol. The van der Waals surface area contributed by atoms with E-state index in [9.17, 15) is 19.6 Å². The summed E-state index contributed by atoms with van der Waals surface area (Å²) in [7, 11) is -4.49. The molecular formula is C13H20N5O7P. The van der Waals surface area contributed by atoms with Crippen LogP contribution in [-0.4, -0.2) is 65.9 Å². The Morgan fingerprint density at radius 3 is 2.77 bits per heavy atom. The highest BCUT2D eigenvalue weighted by Gasteiger charge is 2.56. The first-order chi connectivity index (χ1) is 11.9. The van der Waals surface area contributed by atoms with Crippen molar-refractivity contribution < 1.29 is 34.1 Å². The second-order valence-corrected chi connectivity index (χ2v) is 8.06. The van der Waals surface area contributed by atoms with E-state index in [1.807, 2.05) is 0 Å². The number of amides is 1. The Labute approximate surface area is 147 Å². The Hall–Kier alpha value is -1.79. The van der Waals surface area contributed by atoms with Crippen LogP contribution in [0.4, 0.5) is 5.82 Å². The topological polar surface area (TPSA) is 192 Å². The summed E-state index contributed by atoms with van der Waals surface area (Å²) in [6.07, 6.45) is -3.29. The molecule has 26 heavy (non-hydrogen) atoms. The van der Waals surface area contributed by atoms with Crippen LogP contribution in [-0.2, 0) is 9.30 Å². The van der Waals surface area contributed by atoms with Crippen LogP contribution in [0, 0.1) is 0 Å². The lowest BCUT2D eigenvalue weighted by Crippen LogP contribution is -2.51. The van der Waals surface area contributed by atoms with Crippen molar-refractivity contribution in [3.63, 3.8) is 0 Å². The molecule has 0 aromatic carbocycles. The van der Waals surface area contributed by atoms with Crippen molar-refractivity contribution in [3.8, 4) is 0 Å². The molecule has 8 N–H and O–H groups in total. The largest absolute Gasteiger partial charge is 0.387 e. The Morgan fingerprint density at radius 2 is 2.15 bits per heavy atom. The van der Waals surface area contributed by atoms with Gasteiger partial charge in [0.2, 0.25) is 0 Å². The van der Waals surface area contributed by atoms with Crippen molar-refractivity contribution in [2.75, 3.05) is 11.7 Å². The predicted octanol–water partition coefficient (Wildman–Crippen LogP) is -1.98. The number of aliphatic hydroxyl groups excluding tert-OH is 1. The van der Waals surface area contributed by atoms with Crippen LogP contribution in [0.25, 0.3) is 0 Å². The number of carbonyl (C=O) groups is 1. The molecule has 1 aliphatic heterocycles. The monoisotopic (exact) mass is 389 g/mol. The summed E-state index contributed by atoms with van der Waals surface area (Å²) in [5.41, 5.74) is 4.08. The number of nitrogens with two attached hydrogens (primary N) is 1. The molecule has 3 rings (SSSR count). The number of ether oxygens (including phenoxy) is 1. The molecule has 12 nitrogen and oxygen atoms in total. The van der Waals surface area contributed by atoms with Gasteiger partial charge in [-0.1, -0.05) is 6.58 Å². The maximum absolute atomic E-state index is 12.0. The van der Waals surface area contributed by atoms with Crippen LogP contribution in [0.3, 0.4) is 0 Å². The number of hydrogen-bond acceptors (Lipinski definition) is 8. The molecule has 1 amide bonds. The Kier molecular flexibility index (Phi) is 4.48. The fraction of sp³-hybridized carbons (Fsp3) is 0.538. The van der Waals surface area contributed by atoms with Gasteiger partial charge in [-0.3, -0.25) is 15.1 Å². The molecule has 1 fully saturated rings. The van der Waals surface area contributed by atoms with Gasteiger partial charge in [0, 0.05) is 0 Å². The van der Waals surface area contributed by atoms with Crippen LogP contribution in [0.15, 0.2) is 18.5 Å². The summed E-state index contributed by atoms with van der Waals surface area (Å²) in [4.78, 5) is 33.9. The minimum atomic E-state index is -4.49. The van der Waals surface area contributed by atoms with Crippen LogP contribution < -0.4 is 16.4 Å². The summed E-state index contributed by atoms with van der Waals surface area (Å²) in [5.74, 6) is -0.293. The number of fused-ring (bicyclic) bond motifs is 1. The molecule has 144 valence electrons. The lowest BCUT2D eigenvalue weighted by atomic mass is 9.97. The quantitative estimate of drug-likeness (QED) is 0.224. The van der Waals surface area contributed by atoms with E-state index in [1.165, 1.54) is 17.8 Å². The van der Waals surface area contributed by atoms with Crippen LogP contribution in [0.2, 0.25) is 0 Å². The standard InChI is InChI=1S/C13H20N5O7P/c1-5-7(25-4-26(22,23)24)9(19)13(2,21)8(5)18-3-15-6-10(18)16-12(14)17-11(6)20/h3,7-9,12,16,19,21H,1,4,14H2,2H3,(H,17,20)(H2,22,23,24)/t7-,8+,9+,12?,13-/m0/s1. The molecular weight excluding hydrogens is 369 g/mol. The number of carbonyl (C=O) groups excluding carboxylic acids is 1. The Morgan fingerprint density at radius 1 is 1.50 bits per heavy atom. The lowest BCUT2D eigenvalue weighted by molar-refractivity contribution is -0.0988. The highest BCUT2D eigenvalue weighted by Crippen LogP contribution is 2.47. The van der Waals surface area contributed by atoms with Crippen molar-refractivity contribution in [2.24, 2.45) is 5.73 Å². The SMILES string of the molecule is C=C1[C@H](OCP(=O)(O)O)[C@@H](O)[C@@](C)(O)[C@@H]1n1cnc2c1NC(N)NC2=O. The van der Waals surface area contributed by atoms with Gasteiger partial charge >= 0.3 is 7.60 Å². The number of anilines is 1. The fourth-order valence-corrected chi connectivity index (χ4v) is 3.65. The average Bonchev–Trinajstić information content (AvgIpc) is 2.95. The molecule has 2 heterocycles. The molecule has 1 aromatic heterocycles. The van der Waals surface area contributed by atoms with E-state index in [-0.39, 0.29) is 17.1 Å². The van der Waals surface area contributed by atoms with E-state index in [4.69, 9.17) is 20.3 Å². The highest BCUT2D eigenvalue weighted by atomic mass is 31.2. The lowest BCUT2D eigenvalue weighted by Gasteiger charge is -2.32. The molecule has 13 heteroatoms. The van der Waals surface area contributed by atoms with E-state index < -0.39 is 50.0 Å². The zero-order chi connectivity index (χ0) is 19.4. The number of hydrogen-bond donors (Lipinski definition) is 7. The number of nitrogens with one attached hydrogen (secondary N) is 2. The first-order valence-electron chi connectivity index (χ1n) is 7.58. The molecule has 1 aliphatic carbocycles. The van der Waals surface area contributed by atoms with Crippen LogP contribution in [0.1, 0.15) is 23.5 Å². The number of aliphatic hydroxyl groups is 2. The molecule has 0 spiro atoms. The van der Waals surface area contributed by atoms with Gasteiger partial charge in [0.25, 0.3) is 5.91 Å². The second kappa shape index (κ2) is 6.13. The van der Waals surface area contributed by atoms with E-state index in [0.29, 0.717) is 0 Å². The molecule has 5 atom stereocenters. The van der Waals surface area contributed by atoms with E-state index in [0.717, 1.165) is 0 Å². The van der Waals surface area contributed by atoms with Crippen molar-refractivity contribution in [1.29, 1.82) is 0 Å². The highest BCUT2D eigenvalue weighted by molar-refractivity contribution is 7.51. The minimum Gasteiger partial charge on any atom is -0.387 e. The zero-order valence-electron chi connectivity index (χ0n) is 13.7. The van der Waals surface area contributed by atoms with Crippen molar-refractivity contribution in [3.05, 3.63) is 24.2 Å². The summed E-state index contributed by atoms with van der Waals surface area (Å²) < 4.78 is 17.5. The molecule has 1 saturated carbocycles. The van der Waals surface area contributed by atoms with Crippen molar-refractivity contribution in [2.45, 2.75) is 37.1 Å². The summed E-state index contributed by atoms with van der Waals surface area (Å²) in [6.45, 7) is 5.12. The maximum atomic E-state index is 12.0. The maximum Gasteiger partial charge on any atom is 0.351 e. The first kappa shape index (κ1) is 19.0.